The molecule has 1 aromatic heterocycles. The van der Waals surface area contributed by atoms with Gasteiger partial charge in [0.2, 0.25) is 5.91 Å². The second-order valence-corrected chi connectivity index (χ2v) is 5.32. The Labute approximate surface area is 118 Å². The standard InChI is InChI=1S/C15H20N2O3/c1-10(13-8-4-5-9-16-13)17-14(18)11-6-2-3-7-12(11)15(19)20/h4-5,8-12H,2-3,6-7H2,1H3,(H,17,18)(H,19,20)/t10-,11-,12+/m1/s1. The highest BCUT2D eigenvalue weighted by Crippen LogP contribution is 2.30. The maximum Gasteiger partial charge on any atom is 0.307 e. The number of carbonyl (C=O) groups excluding carboxylic acids is 1. The fourth-order valence-corrected chi connectivity index (χ4v) is 2.77. The molecule has 108 valence electrons. The normalized spacial score (nSPS) is 23.9. The molecule has 0 unspecified atom stereocenters. The highest BCUT2D eigenvalue weighted by Gasteiger charge is 2.36. The molecular formula is C15H20N2O3. The molecule has 0 bridgehead atoms. The lowest BCUT2D eigenvalue weighted by Crippen LogP contribution is -2.40. The number of amides is 1. The highest BCUT2D eigenvalue weighted by molar-refractivity contribution is 5.85. The molecule has 1 aromatic rings. The first kappa shape index (κ1) is 14.5. The van der Waals surface area contributed by atoms with E-state index < -0.39 is 17.8 Å². The Morgan fingerprint density at radius 1 is 1.30 bits per heavy atom. The van der Waals surface area contributed by atoms with Crippen molar-refractivity contribution in [2.45, 2.75) is 38.6 Å². The molecule has 5 heteroatoms. The maximum atomic E-state index is 12.3. The van der Waals surface area contributed by atoms with Crippen molar-refractivity contribution in [2.75, 3.05) is 0 Å². The van der Waals surface area contributed by atoms with E-state index in [1.54, 1.807) is 6.20 Å². The Morgan fingerprint density at radius 2 is 2.00 bits per heavy atom. The number of hydrogen-bond acceptors (Lipinski definition) is 3. The van der Waals surface area contributed by atoms with Crippen LogP contribution >= 0.6 is 0 Å². The van der Waals surface area contributed by atoms with Gasteiger partial charge in [0.05, 0.1) is 23.6 Å². The molecule has 0 aromatic carbocycles. The molecule has 1 heterocycles. The van der Waals surface area contributed by atoms with Gasteiger partial charge in [-0.25, -0.2) is 0 Å². The van der Waals surface area contributed by atoms with Gasteiger partial charge in [-0.15, -0.1) is 0 Å². The number of nitrogens with zero attached hydrogens (tertiary/aromatic N) is 1. The Kier molecular flexibility index (Phi) is 4.71. The second-order valence-electron chi connectivity index (χ2n) is 5.32. The highest BCUT2D eigenvalue weighted by atomic mass is 16.4. The molecule has 0 radical (unpaired) electrons. The molecule has 1 aliphatic rings. The summed E-state index contributed by atoms with van der Waals surface area (Å²) < 4.78 is 0. The summed E-state index contributed by atoms with van der Waals surface area (Å²) in [6.07, 6.45) is 4.72. The van der Waals surface area contributed by atoms with Crippen LogP contribution in [0.4, 0.5) is 0 Å². The lowest BCUT2D eigenvalue weighted by Gasteiger charge is -2.28. The molecule has 2 N–H and O–H groups in total. The van der Waals surface area contributed by atoms with Crippen molar-refractivity contribution in [3.8, 4) is 0 Å². The monoisotopic (exact) mass is 276 g/mol. The van der Waals surface area contributed by atoms with Crippen molar-refractivity contribution >= 4 is 11.9 Å². The predicted molar refractivity (Wildman–Crippen MR) is 73.9 cm³/mol. The molecule has 2 rings (SSSR count). The number of nitrogens with one attached hydrogen (secondary N) is 1. The van der Waals surface area contributed by atoms with Crippen molar-refractivity contribution in [3.63, 3.8) is 0 Å². The minimum absolute atomic E-state index is 0.171. The number of carbonyl (C=O) groups is 2. The third-order valence-corrected chi connectivity index (χ3v) is 3.91. The van der Waals surface area contributed by atoms with Gasteiger partial charge in [0.1, 0.15) is 0 Å². The van der Waals surface area contributed by atoms with Gasteiger partial charge in [0, 0.05) is 6.20 Å². The predicted octanol–water partition coefficient (Wildman–Crippen LogP) is 2.15. The van der Waals surface area contributed by atoms with E-state index >= 15 is 0 Å². The minimum Gasteiger partial charge on any atom is -0.481 e. The van der Waals surface area contributed by atoms with E-state index in [-0.39, 0.29) is 11.9 Å². The molecule has 0 spiro atoms. The fourth-order valence-electron chi connectivity index (χ4n) is 2.77. The van der Waals surface area contributed by atoms with Gasteiger partial charge in [0.25, 0.3) is 0 Å². The summed E-state index contributed by atoms with van der Waals surface area (Å²) >= 11 is 0. The minimum atomic E-state index is -0.865. The first-order chi connectivity index (χ1) is 9.59. The SMILES string of the molecule is C[C@@H](NC(=O)[C@@H]1CCCC[C@@H]1C(=O)O)c1ccccn1. The smallest absolute Gasteiger partial charge is 0.307 e. The van der Waals surface area contributed by atoms with Gasteiger partial charge in [0.15, 0.2) is 0 Å². The average Bonchev–Trinajstić information content (AvgIpc) is 2.48. The van der Waals surface area contributed by atoms with E-state index in [1.807, 2.05) is 25.1 Å². The number of aromatic nitrogens is 1. The van der Waals surface area contributed by atoms with Crippen LogP contribution in [0.2, 0.25) is 0 Å². The van der Waals surface area contributed by atoms with Gasteiger partial charge in [-0.05, 0) is 31.9 Å². The first-order valence-corrected chi connectivity index (χ1v) is 7.03. The zero-order chi connectivity index (χ0) is 14.5. The van der Waals surface area contributed by atoms with Crippen LogP contribution in [0.3, 0.4) is 0 Å². The topological polar surface area (TPSA) is 79.3 Å². The number of carboxylic acid groups (broad SMARTS) is 1. The molecule has 0 saturated heterocycles. The summed E-state index contributed by atoms with van der Waals surface area (Å²) in [7, 11) is 0. The molecule has 0 aliphatic heterocycles. The molecular weight excluding hydrogens is 256 g/mol. The molecule has 1 saturated carbocycles. The summed E-state index contributed by atoms with van der Waals surface area (Å²) in [5.41, 5.74) is 0.781. The fraction of sp³-hybridized carbons (Fsp3) is 0.533. The number of rotatable bonds is 4. The van der Waals surface area contributed by atoms with Crippen LogP contribution in [0.15, 0.2) is 24.4 Å². The molecule has 1 amide bonds. The molecule has 1 fully saturated rings. The Hall–Kier alpha value is -1.91. The van der Waals surface area contributed by atoms with E-state index in [1.165, 1.54) is 0 Å². The molecule has 5 nitrogen and oxygen atoms in total. The van der Waals surface area contributed by atoms with Gasteiger partial charge in [-0.2, -0.15) is 0 Å². The molecule has 3 atom stereocenters. The van der Waals surface area contributed by atoms with E-state index in [4.69, 9.17) is 0 Å². The summed E-state index contributed by atoms with van der Waals surface area (Å²) in [6, 6.07) is 5.33. The Bertz CT molecular complexity index is 475. The second kappa shape index (κ2) is 6.50. The van der Waals surface area contributed by atoms with Gasteiger partial charge < -0.3 is 10.4 Å². The summed E-state index contributed by atoms with van der Waals surface area (Å²) in [6.45, 7) is 1.86. The van der Waals surface area contributed by atoms with Crippen molar-refractivity contribution < 1.29 is 14.7 Å². The third kappa shape index (κ3) is 3.35. The zero-order valence-electron chi connectivity index (χ0n) is 11.6. The van der Waals surface area contributed by atoms with Crippen LogP contribution in [0.5, 0.6) is 0 Å². The van der Waals surface area contributed by atoms with Crippen LogP contribution in [-0.4, -0.2) is 22.0 Å². The van der Waals surface area contributed by atoms with E-state index in [9.17, 15) is 14.7 Å². The number of pyridine rings is 1. The van der Waals surface area contributed by atoms with E-state index in [0.717, 1.165) is 18.5 Å². The van der Waals surface area contributed by atoms with Gasteiger partial charge >= 0.3 is 5.97 Å². The average molecular weight is 276 g/mol. The number of aliphatic carboxylic acids is 1. The van der Waals surface area contributed by atoms with Crippen molar-refractivity contribution in [1.82, 2.24) is 10.3 Å². The summed E-state index contributed by atoms with van der Waals surface area (Å²) in [5, 5.41) is 12.1. The van der Waals surface area contributed by atoms with Crippen LogP contribution in [0.1, 0.15) is 44.3 Å². The maximum absolute atomic E-state index is 12.3. The zero-order valence-corrected chi connectivity index (χ0v) is 11.6. The Balaban J connectivity index is 2.01. The Morgan fingerprint density at radius 3 is 2.60 bits per heavy atom. The van der Waals surface area contributed by atoms with E-state index in [0.29, 0.717) is 12.8 Å². The number of hydrogen-bond donors (Lipinski definition) is 2. The van der Waals surface area contributed by atoms with E-state index in [2.05, 4.69) is 10.3 Å². The van der Waals surface area contributed by atoms with Crippen LogP contribution in [0.25, 0.3) is 0 Å². The first-order valence-electron chi connectivity index (χ1n) is 7.03. The lowest BCUT2D eigenvalue weighted by atomic mass is 9.78. The van der Waals surface area contributed by atoms with Gasteiger partial charge in [-0.1, -0.05) is 18.9 Å². The quantitative estimate of drug-likeness (QED) is 0.883. The number of carboxylic acids is 1. The molecule has 20 heavy (non-hydrogen) atoms. The van der Waals surface area contributed by atoms with Crippen molar-refractivity contribution in [3.05, 3.63) is 30.1 Å². The molecule has 1 aliphatic carbocycles. The third-order valence-electron chi connectivity index (χ3n) is 3.91. The summed E-state index contributed by atoms with van der Waals surface area (Å²) in [4.78, 5) is 27.7. The van der Waals surface area contributed by atoms with Crippen LogP contribution < -0.4 is 5.32 Å². The van der Waals surface area contributed by atoms with Crippen LogP contribution in [-0.2, 0) is 9.59 Å². The van der Waals surface area contributed by atoms with Crippen molar-refractivity contribution in [2.24, 2.45) is 11.8 Å². The van der Waals surface area contributed by atoms with Gasteiger partial charge in [-0.3, -0.25) is 14.6 Å². The lowest BCUT2D eigenvalue weighted by molar-refractivity contribution is -0.149. The summed E-state index contributed by atoms with van der Waals surface area (Å²) in [5.74, 6) is -2.02. The van der Waals surface area contributed by atoms with Crippen molar-refractivity contribution in [1.29, 1.82) is 0 Å². The largest absolute Gasteiger partial charge is 0.481 e. The van der Waals surface area contributed by atoms with Crippen LogP contribution in [0, 0.1) is 11.8 Å².